The Kier molecular flexibility index (Phi) is 4.32. The van der Waals surface area contributed by atoms with Gasteiger partial charge in [0.15, 0.2) is 11.5 Å². The van der Waals surface area contributed by atoms with Gasteiger partial charge in [0.1, 0.15) is 5.69 Å². The second-order valence-electron chi connectivity index (χ2n) is 5.50. The number of anilines is 1. The summed E-state index contributed by atoms with van der Waals surface area (Å²) in [4.78, 5) is 10.7. The molecule has 0 fully saturated rings. The van der Waals surface area contributed by atoms with Crippen molar-refractivity contribution in [3.63, 3.8) is 0 Å². The van der Waals surface area contributed by atoms with Crippen LogP contribution in [0.4, 0.5) is 11.4 Å². The summed E-state index contributed by atoms with van der Waals surface area (Å²) in [5.41, 5.74) is 0.501. The van der Waals surface area contributed by atoms with Crippen LogP contribution in [-0.4, -0.2) is 17.8 Å². The highest BCUT2D eigenvalue weighted by molar-refractivity contribution is 5.69. The minimum absolute atomic E-state index is 0.0191. The molecule has 0 radical (unpaired) electrons. The molecule has 6 heteroatoms. The Morgan fingerprint density at radius 2 is 1.90 bits per heavy atom. The maximum absolute atomic E-state index is 11.1. The lowest BCUT2D eigenvalue weighted by Gasteiger charge is -2.16. The topological polar surface area (TPSA) is 73.6 Å². The molecule has 1 aromatic rings. The molecule has 1 heterocycles. The van der Waals surface area contributed by atoms with Crippen LogP contribution < -0.4 is 14.8 Å². The molecular formula is C14H20N2O4. The zero-order valence-electron chi connectivity index (χ0n) is 12.0. The van der Waals surface area contributed by atoms with Gasteiger partial charge in [-0.3, -0.25) is 10.1 Å². The van der Waals surface area contributed by atoms with E-state index in [0.29, 0.717) is 23.1 Å². The van der Waals surface area contributed by atoms with Gasteiger partial charge in [0.2, 0.25) is 6.79 Å². The van der Waals surface area contributed by atoms with E-state index in [1.165, 1.54) is 6.07 Å². The molecule has 1 unspecified atom stereocenters. The Bertz CT molecular complexity index is 502. The number of ether oxygens (including phenoxy) is 2. The third-order valence-electron chi connectivity index (χ3n) is 3.27. The van der Waals surface area contributed by atoms with Crippen molar-refractivity contribution in [1.82, 2.24) is 0 Å². The lowest BCUT2D eigenvalue weighted by molar-refractivity contribution is -0.384. The summed E-state index contributed by atoms with van der Waals surface area (Å²) in [7, 11) is 0. The van der Waals surface area contributed by atoms with E-state index in [0.717, 1.165) is 12.8 Å². The molecule has 0 saturated heterocycles. The van der Waals surface area contributed by atoms with E-state index < -0.39 is 4.92 Å². The molecule has 0 saturated carbocycles. The highest BCUT2D eigenvalue weighted by atomic mass is 16.7. The van der Waals surface area contributed by atoms with Crippen LogP contribution in [0.1, 0.15) is 33.6 Å². The first-order valence-corrected chi connectivity index (χ1v) is 6.82. The van der Waals surface area contributed by atoms with Crippen molar-refractivity contribution in [3.8, 4) is 11.5 Å². The van der Waals surface area contributed by atoms with Crippen LogP contribution in [0.5, 0.6) is 11.5 Å². The van der Waals surface area contributed by atoms with Crippen LogP contribution in [0.15, 0.2) is 12.1 Å². The number of nitro benzene ring substituents is 1. The zero-order chi connectivity index (χ0) is 14.7. The number of benzene rings is 1. The first kappa shape index (κ1) is 14.4. The summed E-state index contributed by atoms with van der Waals surface area (Å²) in [6, 6.07) is 3.23. The second kappa shape index (κ2) is 5.98. The van der Waals surface area contributed by atoms with Gasteiger partial charge < -0.3 is 14.8 Å². The third-order valence-corrected chi connectivity index (χ3v) is 3.27. The van der Waals surface area contributed by atoms with Crippen LogP contribution >= 0.6 is 0 Å². The Labute approximate surface area is 118 Å². The van der Waals surface area contributed by atoms with Gasteiger partial charge in [-0.05, 0) is 25.7 Å². The van der Waals surface area contributed by atoms with Gasteiger partial charge in [-0.1, -0.05) is 13.8 Å². The van der Waals surface area contributed by atoms with Crippen LogP contribution in [0.25, 0.3) is 0 Å². The number of nitro groups is 1. The highest BCUT2D eigenvalue weighted by Gasteiger charge is 2.24. The van der Waals surface area contributed by atoms with Crippen molar-refractivity contribution in [2.24, 2.45) is 5.92 Å². The van der Waals surface area contributed by atoms with Crippen LogP contribution in [0.3, 0.4) is 0 Å². The smallest absolute Gasteiger partial charge is 0.296 e. The molecule has 0 bridgehead atoms. The van der Waals surface area contributed by atoms with Gasteiger partial charge in [0.25, 0.3) is 5.69 Å². The largest absolute Gasteiger partial charge is 0.454 e. The lowest BCUT2D eigenvalue weighted by atomic mass is 10.0. The van der Waals surface area contributed by atoms with Crippen LogP contribution in [-0.2, 0) is 0 Å². The van der Waals surface area contributed by atoms with E-state index in [1.54, 1.807) is 6.07 Å². The van der Waals surface area contributed by atoms with Gasteiger partial charge in [-0.25, -0.2) is 0 Å². The average Bonchev–Trinajstić information content (AvgIpc) is 2.82. The number of fused-ring (bicyclic) bond motifs is 1. The normalized spacial score (nSPS) is 14.4. The molecule has 1 aliphatic heterocycles. The van der Waals surface area contributed by atoms with E-state index in [1.807, 2.05) is 6.92 Å². The van der Waals surface area contributed by atoms with E-state index in [9.17, 15) is 10.1 Å². The predicted octanol–water partition coefficient (Wildman–Crippen LogP) is 3.56. The number of nitrogens with zero attached hydrogens (tertiary/aromatic N) is 1. The van der Waals surface area contributed by atoms with Crippen LogP contribution in [0.2, 0.25) is 0 Å². The van der Waals surface area contributed by atoms with E-state index in [4.69, 9.17) is 9.47 Å². The van der Waals surface area contributed by atoms with Gasteiger partial charge in [-0.15, -0.1) is 0 Å². The Morgan fingerprint density at radius 3 is 2.50 bits per heavy atom. The third kappa shape index (κ3) is 3.31. The van der Waals surface area contributed by atoms with Crippen molar-refractivity contribution in [2.75, 3.05) is 12.1 Å². The summed E-state index contributed by atoms with van der Waals surface area (Å²) < 4.78 is 10.4. The number of rotatable bonds is 6. The summed E-state index contributed by atoms with van der Waals surface area (Å²) in [5.74, 6) is 1.59. The number of hydrogen-bond acceptors (Lipinski definition) is 5. The molecule has 6 nitrogen and oxygen atoms in total. The molecule has 0 amide bonds. The molecule has 2 rings (SSSR count). The Morgan fingerprint density at radius 1 is 1.25 bits per heavy atom. The minimum atomic E-state index is -0.403. The molecule has 20 heavy (non-hydrogen) atoms. The predicted molar refractivity (Wildman–Crippen MR) is 76.4 cm³/mol. The molecule has 0 aliphatic carbocycles. The van der Waals surface area contributed by atoms with Crippen LogP contribution in [0, 0.1) is 16.0 Å². The molecule has 1 atom stereocenters. The fourth-order valence-electron chi connectivity index (χ4n) is 2.12. The molecule has 1 aromatic carbocycles. The fourth-order valence-corrected chi connectivity index (χ4v) is 2.12. The van der Waals surface area contributed by atoms with E-state index in [-0.39, 0.29) is 18.5 Å². The van der Waals surface area contributed by atoms with E-state index >= 15 is 0 Å². The molecule has 0 spiro atoms. The average molecular weight is 280 g/mol. The summed E-state index contributed by atoms with van der Waals surface area (Å²) in [6.45, 7) is 6.46. The lowest BCUT2D eigenvalue weighted by Crippen LogP contribution is -2.16. The maximum Gasteiger partial charge on any atom is 0.296 e. The van der Waals surface area contributed by atoms with Crippen molar-refractivity contribution in [2.45, 2.75) is 39.7 Å². The van der Waals surface area contributed by atoms with Crippen molar-refractivity contribution >= 4 is 11.4 Å². The van der Waals surface area contributed by atoms with Crippen molar-refractivity contribution in [1.29, 1.82) is 0 Å². The summed E-state index contributed by atoms with van der Waals surface area (Å²) in [5, 5.41) is 14.3. The summed E-state index contributed by atoms with van der Waals surface area (Å²) in [6.07, 6.45) is 2.04. The summed E-state index contributed by atoms with van der Waals surface area (Å²) >= 11 is 0. The second-order valence-corrected chi connectivity index (χ2v) is 5.50. The maximum atomic E-state index is 11.1. The van der Waals surface area contributed by atoms with E-state index in [2.05, 4.69) is 19.2 Å². The van der Waals surface area contributed by atoms with Crippen molar-refractivity contribution in [3.05, 3.63) is 22.2 Å². The first-order chi connectivity index (χ1) is 9.47. The number of nitrogens with one attached hydrogen (secondary N) is 1. The first-order valence-electron chi connectivity index (χ1n) is 6.82. The van der Waals surface area contributed by atoms with Crippen molar-refractivity contribution < 1.29 is 14.4 Å². The minimum Gasteiger partial charge on any atom is -0.454 e. The highest BCUT2D eigenvalue weighted by Crippen LogP contribution is 2.40. The standard InChI is InChI=1S/C14H20N2O4/c1-9(2)4-5-10(3)15-11-6-13-14(20-8-19-13)7-12(11)16(17)18/h6-7,9-10,15H,4-5,8H2,1-3H3. The van der Waals surface area contributed by atoms with Gasteiger partial charge >= 0.3 is 0 Å². The molecule has 110 valence electrons. The molecule has 0 aromatic heterocycles. The van der Waals surface area contributed by atoms with Gasteiger partial charge in [0.05, 0.1) is 11.0 Å². The SMILES string of the molecule is CC(C)CCC(C)Nc1cc2c(cc1[N+](=O)[O-])OCO2. The zero-order valence-corrected chi connectivity index (χ0v) is 12.0. The molecule has 1 N–H and O–H groups in total. The monoisotopic (exact) mass is 280 g/mol. The molecule has 1 aliphatic rings. The molecular weight excluding hydrogens is 260 g/mol. The quantitative estimate of drug-likeness (QED) is 0.637. The Balaban J connectivity index is 2.15. The van der Waals surface area contributed by atoms with Gasteiger partial charge in [0, 0.05) is 12.1 Å². The van der Waals surface area contributed by atoms with Gasteiger partial charge in [-0.2, -0.15) is 0 Å². The fraction of sp³-hybridized carbons (Fsp3) is 0.571. The number of hydrogen-bond donors (Lipinski definition) is 1. The Hall–Kier alpha value is -1.98.